The molecule has 94 valence electrons. The van der Waals surface area contributed by atoms with Gasteiger partial charge in [-0.1, -0.05) is 12.1 Å². The molecule has 0 bridgehead atoms. The molecule has 5 heteroatoms. The fourth-order valence-corrected chi connectivity index (χ4v) is 1.71. The van der Waals surface area contributed by atoms with Crippen molar-refractivity contribution < 1.29 is 0 Å². The number of aromatic nitrogens is 2. The molecule has 0 saturated heterocycles. The first-order valence-electron chi connectivity index (χ1n) is 5.84. The van der Waals surface area contributed by atoms with Crippen LogP contribution in [0.25, 0.3) is 0 Å². The summed E-state index contributed by atoms with van der Waals surface area (Å²) in [6.45, 7) is 3.08. The molecule has 0 aliphatic rings. The molecule has 18 heavy (non-hydrogen) atoms. The fraction of sp³-hybridized carbons (Fsp3) is 0.231. The number of benzene rings is 1. The number of nitrogens with zero attached hydrogens (tertiary/aromatic N) is 2. The van der Waals surface area contributed by atoms with Crippen LogP contribution in [0.4, 0.5) is 11.5 Å². The van der Waals surface area contributed by atoms with Gasteiger partial charge >= 0.3 is 0 Å². The van der Waals surface area contributed by atoms with Crippen LogP contribution in [-0.4, -0.2) is 9.55 Å². The lowest BCUT2D eigenvalue weighted by Gasteiger charge is -2.07. The van der Waals surface area contributed by atoms with Crippen molar-refractivity contribution in [1.82, 2.24) is 9.55 Å². The van der Waals surface area contributed by atoms with Crippen molar-refractivity contribution in [2.45, 2.75) is 20.0 Å². The quantitative estimate of drug-likeness (QED) is 0.798. The van der Waals surface area contributed by atoms with E-state index in [2.05, 4.69) is 10.3 Å². The maximum Gasteiger partial charge on any atom is 0.293 e. The second-order valence-corrected chi connectivity index (χ2v) is 3.97. The van der Waals surface area contributed by atoms with Gasteiger partial charge in [-0.3, -0.25) is 4.79 Å². The molecule has 0 saturated carbocycles. The Kier molecular flexibility index (Phi) is 3.62. The zero-order chi connectivity index (χ0) is 13.0. The van der Waals surface area contributed by atoms with E-state index in [1.807, 2.05) is 31.2 Å². The van der Waals surface area contributed by atoms with Crippen molar-refractivity contribution in [3.63, 3.8) is 0 Å². The first kappa shape index (κ1) is 12.2. The van der Waals surface area contributed by atoms with Crippen molar-refractivity contribution in [3.8, 4) is 0 Å². The van der Waals surface area contributed by atoms with Crippen LogP contribution in [0.1, 0.15) is 12.5 Å². The van der Waals surface area contributed by atoms with Crippen LogP contribution < -0.4 is 16.6 Å². The molecule has 2 aromatic rings. The molecule has 5 nitrogen and oxygen atoms in total. The van der Waals surface area contributed by atoms with Gasteiger partial charge in [0.15, 0.2) is 5.82 Å². The Bertz CT molecular complexity index is 592. The summed E-state index contributed by atoms with van der Waals surface area (Å²) in [6, 6.07) is 7.53. The minimum Gasteiger partial charge on any atom is -0.399 e. The van der Waals surface area contributed by atoms with Crippen LogP contribution >= 0.6 is 0 Å². The van der Waals surface area contributed by atoms with Crippen LogP contribution in [0, 0.1) is 0 Å². The third kappa shape index (κ3) is 2.68. The maximum atomic E-state index is 11.9. The Labute approximate surface area is 105 Å². The lowest BCUT2D eigenvalue weighted by Crippen LogP contribution is -2.23. The number of nitrogens with one attached hydrogen (secondary N) is 1. The van der Waals surface area contributed by atoms with Crippen molar-refractivity contribution >= 4 is 11.5 Å². The third-order valence-corrected chi connectivity index (χ3v) is 2.67. The second kappa shape index (κ2) is 5.35. The first-order valence-corrected chi connectivity index (χ1v) is 5.84. The lowest BCUT2D eigenvalue weighted by molar-refractivity contribution is 0.718. The highest BCUT2D eigenvalue weighted by Crippen LogP contribution is 2.07. The zero-order valence-corrected chi connectivity index (χ0v) is 10.3. The molecule has 0 aliphatic heterocycles. The number of aryl methyl sites for hydroxylation is 1. The number of nitrogen functional groups attached to an aromatic ring is 1. The zero-order valence-electron chi connectivity index (χ0n) is 10.3. The van der Waals surface area contributed by atoms with Crippen LogP contribution in [0.3, 0.4) is 0 Å². The standard InChI is InChI=1S/C13H16N4O/c1-2-17-7-6-15-12(13(17)18)16-9-10-4-3-5-11(14)8-10/h3-8H,2,9,14H2,1H3,(H,15,16). The summed E-state index contributed by atoms with van der Waals surface area (Å²) in [5.74, 6) is 0.363. The Morgan fingerprint density at radius 3 is 3.00 bits per heavy atom. The van der Waals surface area contributed by atoms with E-state index in [1.165, 1.54) is 0 Å². The van der Waals surface area contributed by atoms with Crippen molar-refractivity contribution in [3.05, 3.63) is 52.6 Å². The van der Waals surface area contributed by atoms with E-state index in [0.29, 0.717) is 24.6 Å². The third-order valence-electron chi connectivity index (χ3n) is 2.67. The summed E-state index contributed by atoms with van der Waals surface area (Å²) in [5, 5.41) is 3.03. The molecule has 0 radical (unpaired) electrons. The van der Waals surface area contributed by atoms with E-state index in [-0.39, 0.29) is 5.56 Å². The highest BCUT2D eigenvalue weighted by atomic mass is 16.1. The summed E-state index contributed by atoms with van der Waals surface area (Å²) < 4.78 is 1.61. The SMILES string of the molecule is CCn1ccnc(NCc2cccc(N)c2)c1=O. The molecule has 3 N–H and O–H groups in total. The molecule has 0 aliphatic carbocycles. The summed E-state index contributed by atoms with van der Waals surface area (Å²) in [5.41, 5.74) is 7.31. The predicted octanol–water partition coefficient (Wildman–Crippen LogP) is 1.46. The first-order chi connectivity index (χ1) is 8.70. The van der Waals surface area contributed by atoms with Gasteiger partial charge in [-0.25, -0.2) is 4.98 Å². The molecule has 0 unspecified atom stereocenters. The predicted molar refractivity (Wildman–Crippen MR) is 72.4 cm³/mol. The van der Waals surface area contributed by atoms with Crippen LogP contribution in [-0.2, 0) is 13.1 Å². The number of hydrogen-bond acceptors (Lipinski definition) is 4. The Balaban J connectivity index is 2.13. The molecule has 0 spiro atoms. The van der Waals surface area contributed by atoms with Gasteiger partial charge in [-0.15, -0.1) is 0 Å². The van der Waals surface area contributed by atoms with E-state index in [9.17, 15) is 4.79 Å². The lowest BCUT2D eigenvalue weighted by atomic mass is 10.2. The van der Waals surface area contributed by atoms with Gasteiger partial charge in [0.2, 0.25) is 0 Å². The largest absolute Gasteiger partial charge is 0.399 e. The fourth-order valence-electron chi connectivity index (χ4n) is 1.71. The Morgan fingerprint density at radius 1 is 1.44 bits per heavy atom. The van der Waals surface area contributed by atoms with E-state index in [0.717, 1.165) is 5.56 Å². The van der Waals surface area contributed by atoms with Crippen molar-refractivity contribution in [1.29, 1.82) is 0 Å². The number of rotatable bonds is 4. The Hall–Kier alpha value is -2.30. The molecular formula is C13H16N4O. The smallest absolute Gasteiger partial charge is 0.293 e. The van der Waals surface area contributed by atoms with E-state index >= 15 is 0 Å². The average molecular weight is 244 g/mol. The molecule has 1 aromatic heterocycles. The number of nitrogens with two attached hydrogens (primary N) is 1. The Morgan fingerprint density at radius 2 is 2.28 bits per heavy atom. The molecule has 1 aromatic carbocycles. The van der Waals surface area contributed by atoms with Crippen molar-refractivity contribution in [2.24, 2.45) is 0 Å². The van der Waals surface area contributed by atoms with Gasteiger partial charge < -0.3 is 15.6 Å². The monoisotopic (exact) mass is 244 g/mol. The summed E-state index contributed by atoms with van der Waals surface area (Å²) in [4.78, 5) is 16.0. The molecule has 0 amide bonds. The maximum absolute atomic E-state index is 11.9. The van der Waals surface area contributed by atoms with Gasteiger partial charge in [0.05, 0.1) is 0 Å². The second-order valence-electron chi connectivity index (χ2n) is 3.97. The molecule has 0 fully saturated rings. The van der Waals surface area contributed by atoms with Gasteiger partial charge in [0.1, 0.15) is 0 Å². The topological polar surface area (TPSA) is 72.9 Å². The van der Waals surface area contributed by atoms with Crippen LogP contribution in [0.15, 0.2) is 41.5 Å². The minimum absolute atomic E-state index is 0.107. The number of hydrogen-bond donors (Lipinski definition) is 2. The van der Waals surface area contributed by atoms with Crippen molar-refractivity contribution in [2.75, 3.05) is 11.1 Å². The molecular weight excluding hydrogens is 228 g/mol. The average Bonchev–Trinajstić information content (AvgIpc) is 2.38. The van der Waals surface area contributed by atoms with Gasteiger partial charge in [0.25, 0.3) is 5.56 Å². The highest BCUT2D eigenvalue weighted by Gasteiger charge is 2.03. The van der Waals surface area contributed by atoms with E-state index in [1.54, 1.807) is 17.0 Å². The van der Waals surface area contributed by atoms with E-state index < -0.39 is 0 Å². The van der Waals surface area contributed by atoms with Gasteiger partial charge in [-0.05, 0) is 24.6 Å². The minimum atomic E-state index is -0.107. The molecule has 0 atom stereocenters. The van der Waals surface area contributed by atoms with Gasteiger partial charge in [-0.2, -0.15) is 0 Å². The summed E-state index contributed by atoms with van der Waals surface area (Å²) in [6.07, 6.45) is 3.29. The summed E-state index contributed by atoms with van der Waals surface area (Å²) >= 11 is 0. The summed E-state index contributed by atoms with van der Waals surface area (Å²) in [7, 11) is 0. The number of anilines is 2. The highest BCUT2D eigenvalue weighted by molar-refractivity contribution is 5.42. The molecule has 2 rings (SSSR count). The van der Waals surface area contributed by atoms with Gasteiger partial charge in [0, 0.05) is 31.2 Å². The van der Waals surface area contributed by atoms with Crippen LogP contribution in [0.5, 0.6) is 0 Å². The van der Waals surface area contributed by atoms with E-state index in [4.69, 9.17) is 5.73 Å². The molecule has 1 heterocycles. The van der Waals surface area contributed by atoms with Crippen LogP contribution in [0.2, 0.25) is 0 Å². The normalized spacial score (nSPS) is 10.3.